The molecule has 0 aliphatic carbocycles. The minimum absolute atomic E-state index is 0.251. The SMILES string of the molecule is CCCCCC(CN(C)C)C(C)=O. The monoisotopic (exact) mass is 185 g/mol. The van der Waals surface area contributed by atoms with Gasteiger partial charge >= 0.3 is 0 Å². The number of Topliss-reactive ketones (excluding diaryl/α,β-unsaturated/α-hetero) is 1. The van der Waals surface area contributed by atoms with E-state index in [0.717, 1.165) is 13.0 Å². The summed E-state index contributed by atoms with van der Waals surface area (Å²) in [5, 5.41) is 0. The molecule has 0 aromatic rings. The van der Waals surface area contributed by atoms with Crippen LogP contribution in [0.15, 0.2) is 0 Å². The van der Waals surface area contributed by atoms with Crippen LogP contribution in [-0.2, 0) is 4.79 Å². The second kappa shape index (κ2) is 7.07. The molecule has 0 heterocycles. The molecular weight excluding hydrogens is 162 g/mol. The van der Waals surface area contributed by atoms with Crippen LogP contribution in [0, 0.1) is 5.92 Å². The number of carbonyl (C=O) groups excluding carboxylic acids is 1. The van der Waals surface area contributed by atoms with E-state index in [1.54, 1.807) is 6.92 Å². The smallest absolute Gasteiger partial charge is 0.134 e. The first kappa shape index (κ1) is 12.6. The van der Waals surface area contributed by atoms with Crippen LogP contribution in [0.2, 0.25) is 0 Å². The van der Waals surface area contributed by atoms with Crippen LogP contribution in [0.3, 0.4) is 0 Å². The van der Waals surface area contributed by atoms with Gasteiger partial charge < -0.3 is 4.90 Å². The zero-order valence-electron chi connectivity index (χ0n) is 9.47. The van der Waals surface area contributed by atoms with Crippen molar-refractivity contribution in [1.29, 1.82) is 0 Å². The summed E-state index contributed by atoms with van der Waals surface area (Å²) in [7, 11) is 4.05. The fourth-order valence-electron chi connectivity index (χ4n) is 1.50. The third kappa shape index (κ3) is 6.76. The Labute approximate surface area is 82.3 Å². The molecular formula is C11H23NO. The number of carbonyl (C=O) groups is 1. The van der Waals surface area contributed by atoms with Crippen molar-refractivity contribution in [3.63, 3.8) is 0 Å². The number of ketones is 1. The maximum Gasteiger partial charge on any atom is 0.134 e. The molecule has 0 aromatic heterocycles. The fraction of sp³-hybridized carbons (Fsp3) is 0.909. The molecule has 0 N–H and O–H groups in total. The van der Waals surface area contributed by atoms with Crippen molar-refractivity contribution in [3.05, 3.63) is 0 Å². The summed E-state index contributed by atoms with van der Waals surface area (Å²) in [6, 6.07) is 0. The first-order valence-electron chi connectivity index (χ1n) is 5.23. The number of nitrogens with zero attached hydrogens (tertiary/aromatic N) is 1. The molecule has 0 rings (SSSR count). The lowest BCUT2D eigenvalue weighted by Crippen LogP contribution is -2.26. The van der Waals surface area contributed by atoms with E-state index in [2.05, 4.69) is 11.8 Å². The minimum atomic E-state index is 0.251. The minimum Gasteiger partial charge on any atom is -0.309 e. The first-order valence-corrected chi connectivity index (χ1v) is 5.23. The molecule has 2 heteroatoms. The van der Waals surface area contributed by atoms with Gasteiger partial charge in [0.1, 0.15) is 5.78 Å². The van der Waals surface area contributed by atoms with Crippen molar-refractivity contribution in [1.82, 2.24) is 4.90 Å². The molecule has 1 unspecified atom stereocenters. The summed E-state index contributed by atoms with van der Waals surface area (Å²) >= 11 is 0. The van der Waals surface area contributed by atoms with Crippen molar-refractivity contribution < 1.29 is 4.79 Å². The van der Waals surface area contributed by atoms with E-state index in [4.69, 9.17) is 0 Å². The third-order valence-corrected chi connectivity index (χ3v) is 2.32. The van der Waals surface area contributed by atoms with Gasteiger partial charge in [0.2, 0.25) is 0 Å². The third-order valence-electron chi connectivity index (χ3n) is 2.32. The van der Waals surface area contributed by atoms with Crippen molar-refractivity contribution in [3.8, 4) is 0 Å². The zero-order chi connectivity index (χ0) is 10.3. The van der Waals surface area contributed by atoms with Gasteiger partial charge in [0.05, 0.1) is 0 Å². The van der Waals surface area contributed by atoms with Gasteiger partial charge in [0, 0.05) is 12.5 Å². The van der Waals surface area contributed by atoms with Crippen molar-refractivity contribution in [2.75, 3.05) is 20.6 Å². The van der Waals surface area contributed by atoms with Crippen LogP contribution < -0.4 is 0 Å². The second-order valence-electron chi connectivity index (χ2n) is 4.07. The van der Waals surface area contributed by atoms with Crippen LogP contribution in [0.4, 0.5) is 0 Å². The van der Waals surface area contributed by atoms with E-state index < -0.39 is 0 Å². The van der Waals surface area contributed by atoms with E-state index in [0.29, 0.717) is 5.78 Å². The highest BCUT2D eigenvalue weighted by Gasteiger charge is 2.13. The molecule has 0 bridgehead atoms. The summed E-state index contributed by atoms with van der Waals surface area (Å²) in [4.78, 5) is 13.3. The first-order chi connectivity index (χ1) is 6.07. The van der Waals surface area contributed by atoms with Crippen LogP contribution in [-0.4, -0.2) is 31.3 Å². The predicted octanol–water partition coefficient (Wildman–Crippen LogP) is 2.33. The normalized spacial score (nSPS) is 13.3. The molecule has 0 saturated heterocycles. The molecule has 0 aromatic carbocycles. The number of unbranched alkanes of at least 4 members (excludes halogenated alkanes) is 2. The summed E-state index contributed by atoms with van der Waals surface area (Å²) < 4.78 is 0. The number of rotatable bonds is 7. The van der Waals surface area contributed by atoms with E-state index in [-0.39, 0.29) is 5.92 Å². The van der Waals surface area contributed by atoms with Crippen LogP contribution in [0.5, 0.6) is 0 Å². The van der Waals surface area contributed by atoms with Gasteiger partial charge in [-0.15, -0.1) is 0 Å². The molecule has 13 heavy (non-hydrogen) atoms. The molecule has 0 fully saturated rings. The van der Waals surface area contributed by atoms with Crippen molar-refractivity contribution in [2.45, 2.75) is 39.5 Å². The molecule has 0 aliphatic rings. The Hall–Kier alpha value is -0.370. The highest BCUT2D eigenvalue weighted by atomic mass is 16.1. The van der Waals surface area contributed by atoms with E-state index in [1.807, 2.05) is 14.1 Å². The Bertz CT molecular complexity index is 143. The van der Waals surface area contributed by atoms with Gasteiger partial charge in [-0.3, -0.25) is 4.79 Å². The average molecular weight is 185 g/mol. The van der Waals surface area contributed by atoms with E-state index >= 15 is 0 Å². The lowest BCUT2D eigenvalue weighted by atomic mass is 9.97. The molecule has 2 nitrogen and oxygen atoms in total. The lowest BCUT2D eigenvalue weighted by molar-refractivity contribution is -0.121. The molecule has 0 spiro atoms. The summed E-state index contributed by atoms with van der Waals surface area (Å²) in [5.74, 6) is 0.589. The Morgan fingerprint density at radius 2 is 1.92 bits per heavy atom. The van der Waals surface area contributed by atoms with Gasteiger partial charge in [-0.1, -0.05) is 26.2 Å². The van der Waals surface area contributed by atoms with Gasteiger partial charge in [-0.2, -0.15) is 0 Å². The van der Waals surface area contributed by atoms with Crippen molar-refractivity contribution >= 4 is 5.78 Å². The Kier molecular flexibility index (Phi) is 6.87. The van der Waals surface area contributed by atoms with Gasteiger partial charge in [-0.05, 0) is 27.4 Å². The topological polar surface area (TPSA) is 20.3 Å². The number of hydrogen-bond donors (Lipinski definition) is 0. The molecule has 78 valence electrons. The molecule has 0 amide bonds. The highest BCUT2D eigenvalue weighted by molar-refractivity contribution is 5.78. The largest absolute Gasteiger partial charge is 0.309 e. The maximum atomic E-state index is 11.2. The Morgan fingerprint density at radius 3 is 2.31 bits per heavy atom. The zero-order valence-corrected chi connectivity index (χ0v) is 9.47. The molecule has 0 saturated carbocycles. The summed E-state index contributed by atoms with van der Waals surface area (Å²) in [5.41, 5.74) is 0. The maximum absolute atomic E-state index is 11.2. The van der Waals surface area contributed by atoms with Crippen LogP contribution in [0.1, 0.15) is 39.5 Å². The molecule has 1 atom stereocenters. The standard InChI is InChI=1S/C11H23NO/c1-5-6-7-8-11(10(2)13)9-12(3)4/h11H,5-9H2,1-4H3. The van der Waals surface area contributed by atoms with Gasteiger partial charge in [0.25, 0.3) is 0 Å². The van der Waals surface area contributed by atoms with E-state index in [1.165, 1.54) is 19.3 Å². The van der Waals surface area contributed by atoms with E-state index in [9.17, 15) is 4.79 Å². The Morgan fingerprint density at radius 1 is 1.31 bits per heavy atom. The Balaban J connectivity index is 3.74. The number of hydrogen-bond acceptors (Lipinski definition) is 2. The highest BCUT2D eigenvalue weighted by Crippen LogP contribution is 2.11. The van der Waals surface area contributed by atoms with Gasteiger partial charge in [0.15, 0.2) is 0 Å². The average Bonchev–Trinajstić information content (AvgIpc) is 2.02. The second-order valence-corrected chi connectivity index (χ2v) is 4.07. The van der Waals surface area contributed by atoms with Gasteiger partial charge in [-0.25, -0.2) is 0 Å². The lowest BCUT2D eigenvalue weighted by Gasteiger charge is -2.18. The quantitative estimate of drug-likeness (QED) is 0.567. The van der Waals surface area contributed by atoms with Crippen molar-refractivity contribution in [2.24, 2.45) is 5.92 Å². The summed E-state index contributed by atoms with van der Waals surface area (Å²) in [6.45, 7) is 4.80. The molecule has 0 radical (unpaired) electrons. The van der Waals surface area contributed by atoms with Crippen LogP contribution >= 0.6 is 0 Å². The predicted molar refractivity (Wildman–Crippen MR) is 56.9 cm³/mol. The molecule has 0 aliphatic heterocycles. The summed E-state index contributed by atoms with van der Waals surface area (Å²) in [6.07, 6.45) is 4.72. The fourth-order valence-corrected chi connectivity index (χ4v) is 1.50. The van der Waals surface area contributed by atoms with Crippen LogP contribution in [0.25, 0.3) is 0 Å².